The predicted molar refractivity (Wildman–Crippen MR) is 109 cm³/mol. The van der Waals surface area contributed by atoms with Gasteiger partial charge in [-0.1, -0.05) is 23.7 Å². The van der Waals surface area contributed by atoms with E-state index in [0.29, 0.717) is 16.0 Å². The molecule has 1 heterocycles. The van der Waals surface area contributed by atoms with Crippen molar-refractivity contribution in [3.05, 3.63) is 89.1 Å². The number of rotatable bonds is 3. The second-order valence-electron chi connectivity index (χ2n) is 6.43. The summed E-state index contributed by atoms with van der Waals surface area (Å²) in [4.78, 5) is 3.69. The molecule has 0 saturated carbocycles. The topological polar surface area (TPSA) is 70.8 Å². The highest BCUT2D eigenvalue weighted by Crippen LogP contribution is 2.37. The zero-order valence-corrected chi connectivity index (χ0v) is 16.7. The normalized spacial score (nSPS) is 11.4. The number of hydrogen-bond donors (Lipinski definition) is 0. The number of benzene rings is 3. The molecule has 4 rings (SSSR count). The molecule has 0 saturated heterocycles. The molecule has 0 bridgehead atoms. The monoisotopic (exact) mass is 440 g/mol. The molecule has 0 unspecified atom stereocenters. The van der Waals surface area contributed by atoms with Crippen molar-refractivity contribution >= 4 is 32.3 Å². The Morgan fingerprint density at radius 1 is 1.00 bits per heavy atom. The summed E-state index contributed by atoms with van der Waals surface area (Å²) in [5.74, 6) is -1.33. The molecule has 0 N–H and O–H groups in total. The Morgan fingerprint density at radius 3 is 2.53 bits per heavy atom. The minimum absolute atomic E-state index is 0.167. The smallest absolute Gasteiger partial charge is 0.208 e. The molecule has 148 valence electrons. The summed E-state index contributed by atoms with van der Waals surface area (Å²) in [6.07, 6.45) is 1.13. The molecule has 0 atom stereocenters. The van der Waals surface area contributed by atoms with Crippen LogP contribution in [0.1, 0.15) is 5.56 Å². The lowest BCUT2D eigenvalue weighted by Gasteiger charge is -2.14. The van der Waals surface area contributed by atoms with Gasteiger partial charge in [0.25, 0.3) is 0 Å². The van der Waals surface area contributed by atoms with Crippen LogP contribution in [0.5, 0.6) is 0 Å². The highest BCUT2D eigenvalue weighted by atomic mass is 35.5. The van der Waals surface area contributed by atoms with Crippen LogP contribution < -0.4 is 0 Å². The summed E-state index contributed by atoms with van der Waals surface area (Å²) < 4.78 is 54.3. The Balaban J connectivity index is 2.07. The number of nitrogens with zero attached hydrogens (tertiary/aromatic N) is 2. The number of halogens is 3. The molecule has 0 fully saturated rings. The summed E-state index contributed by atoms with van der Waals surface area (Å²) in [6, 6.07) is 15.0. The van der Waals surface area contributed by atoms with Gasteiger partial charge in [-0.2, -0.15) is 5.26 Å². The van der Waals surface area contributed by atoms with E-state index in [9.17, 15) is 17.2 Å². The van der Waals surface area contributed by atoms with Crippen LogP contribution in [0.15, 0.2) is 76.7 Å². The molecular weight excluding hydrogens is 430 g/mol. The van der Waals surface area contributed by atoms with Gasteiger partial charge >= 0.3 is 0 Å². The third-order valence-corrected chi connectivity index (χ3v) is 6.57. The number of hydrogen-bond acceptors (Lipinski definition) is 4. The minimum atomic E-state index is -4.20. The number of fused-ring (bicyclic) bond motifs is 1. The molecule has 0 spiro atoms. The average Bonchev–Trinajstić information content (AvgIpc) is 2.72. The van der Waals surface area contributed by atoms with Crippen molar-refractivity contribution in [2.24, 2.45) is 0 Å². The Bertz CT molecular complexity index is 1460. The molecule has 30 heavy (non-hydrogen) atoms. The zero-order valence-electron chi connectivity index (χ0n) is 15.1. The molecule has 3 aromatic carbocycles. The largest absolute Gasteiger partial charge is 0.255 e. The fourth-order valence-corrected chi connectivity index (χ4v) is 4.83. The first-order valence-electron chi connectivity index (χ1n) is 8.60. The van der Waals surface area contributed by atoms with Crippen molar-refractivity contribution in [2.45, 2.75) is 9.79 Å². The number of aromatic nitrogens is 1. The summed E-state index contributed by atoms with van der Waals surface area (Å²) >= 11 is 6.11. The van der Waals surface area contributed by atoms with Crippen molar-refractivity contribution in [3.8, 4) is 17.2 Å². The summed E-state index contributed by atoms with van der Waals surface area (Å²) in [6.45, 7) is 0. The van der Waals surface area contributed by atoms with E-state index in [-0.39, 0.29) is 20.9 Å². The third kappa shape index (κ3) is 3.41. The van der Waals surface area contributed by atoms with Gasteiger partial charge < -0.3 is 0 Å². The molecule has 4 nitrogen and oxygen atoms in total. The second-order valence-corrected chi connectivity index (χ2v) is 8.78. The van der Waals surface area contributed by atoms with Gasteiger partial charge in [-0.3, -0.25) is 4.98 Å². The maximum atomic E-state index is 13.7. The van der Waals surface area contributed by atoms with Crippen LogP contribution in [0.4, 0.5) is 8.78 Å². The van der Waals surface area contributed by atoms with Gasteiger partial charge in [0.1, 0.15) is 17.7 Å². The van der Waals surface area contributed by atoms with E-state index in [4.69, 9.17) is 16.9 Å². The fourth-order valence-electron chi connectivity index (χ4n) is 3.18. The third-order valence-electron chi connectivity index (χ3n) is 4.57. The number of nitriles is 1. The molecule has 1 aromatic heterocycles. The highest BCUT2D eigenvalue weighted by molar-refractivity contribution is 7.91. The Labute approximate surface area is 175 Å². The van der Waals surface area contributed by atoms with Crippen LogP contribution in [-0.4, -0.2) is 13.4 Å². The van der Waals surface area contributed by atoms with Gasteiger partial charge in [-0.05, 0) is 48.0 Å². The zero-order chi connectivity index (χ0) is 21.5. The molecule has 0 radical (unpaired) electrons. The van der Waals surface area contributed by atoms with Crippen molar-refractivity contribution in [1.82, 2.24) is 4.98 Å². The van der Waals surface area contributed by atoms with Gasteiger partial charge in [0.15, 0.2) is 0 Å². The van der Waals surface area contributed by atoms with E-state index in [1.807, 2.05) is 0 Å². The van der Waals surface area contributed by atoms with E-state index in [2.05, 4.69) is 4.98 Å². The maximum absolute atomic E-state index is 13.7. The van der Waals surface area contributed by atoms with E-state index in [1.165, 1.54) is 18.2 Å². The molecule has 8 heteroatoms. The van der Waals surface area contributed by atoms with E-state index < -0.39 is 27.0 Å². The van der Waals surface area contributed by atoms with Gasteiger partial charge in [0, 0.05) is 28.2 Å². The molecule has 0 aliphatic carbocycles. The first-order chi connectivity index (χ1) is 14.3. The standard InChI is InChI=1S/C22H11ClF2N2O2S/c23-15-3-1-2-13(8-15)22-18-6-4-16(24)10-20(18)27-12-21(22)30(28,29)17-5-7-19(25)14(9-17)11-26/h1-10,12H. The SMILES string of the molecule is N#Cc1cc(S(=O)(=O)c2cnc3cc(F)ccc3c2-c2cccc(Cl)c2)ccc1F. The molecule has 4 aromatic rings. The summed E-state index contributed by atoms with van der Waals surface area (Å²) in [5.41, 5.74) is 0.643. The van der Waals surface area contributed by atoms with Crippen LogP contribution in [0.2, 0.25) is 5.02 Å². The molecule has 0 amide bonds. The van der Waals surface area contributed by atoms with Crippen molar-refractivity contribution in [3.63, 3.8) is 0 Å². The molecular formula is C22H11ClF2N2O2S. The van der Waals surface area contributed by atoms with E-state index in [0.717, 1.165) is 24.4 Å². The lowest BCUT2D eigenvalue weighted by atomic mass is 10.0. The predicted octanol–water partition coefficient (Wildman–Crippen LogP) is 5.54. The van der Waals surface area contributed by atoms with Crippen LogP contribution in [-0.2, 0) is 9.84 Å². The quantitative estimate of drug-likeness (QED) is 0.392. The van der Waals surface area contributed by atoms with Crippen molar-refractivity contribution in [1.29, 1.82) is 5.26 Å². The number of sulfone groups is 1. The van der Waals surface area contributed by atoms with E-state index >= 15 is 0 Å². The lowest BCUT2D eigenvalue weighted by molar-refractivity contribution is 0.594. The lowest BCUT2D eigenvalue weighted by Crippen LogP contribution is -2.06. The Kier molecular flexibility index (Phi) is 4.98. The molecule has 0 aliphatic heterocycles. The van der Waals surface area contributed by atoms with Crippen LogP contribution in [0.3, 0.4) is 0 Å². The van der Waals surface area contributed by atoms with Crippen LogP contribution in [0, 0.1) is 23.0 Å². The van der Waals surface area contributed by atoms with E-state index in [1.54, 1.807) is 30.3 Å². The Hall–Kier alpha value is -3.34. The molecule has 0 aliphatic rings. The highest BCUT2D eigenvalue weighted by Gasteiger charge is 2.26. The average molecular weight is 441 g/mol. The van der Waals surface area contributed by atoms with Crippen LogP contribution >= 0.6 is 11.6 Å². The first-order valence-corrected chi connectivity index (χ1v) is 10.5. The number of pyridine rings is 1. The second kappa shape index (κ2) is 7.48. The van der Waals surface area contributed by atoms with Crippen molar-refractivity contribution < 1.29 is 17.2 Å². The van der Waals surface area contributed by atoms with Gasteiger partial charge in [0.2, 0.25) is 9.84 Å². The Morgan fingerprint density at radius 2 is 1.80 bits per heavy atom. The van der Waals surface area contributed by atoms with Gasteiger partial charge in [0.05, 0.1) is 20.9 Å². The van der Waals surface area contributed by atoms with Gasteiger partial charge in [-0.25, -0.2) is 17.2 Å². The van der Waals surface area contributed by atoms with Gasteiger partial charge in [-0.15, -0.1) is 0 Å². The maximum Gasteiger partial charge on any atom is 0.208 e. The first kappa shape index (κ1) is 20.0. The summed E-state index contributed by atoms with van der Waals surface area (Å²) in [7, 11) is -4.20. The van der Waals surface area contributed by atoms with Crippen molar-refractivity contribution in [2.75, 3.05) is 0 Å². The van der Waals surface area contributed by atoms with Crippen LogP contribution in [0.25, 0.3) is 22.0 Å². The summed E-state index contributed by atoms with van der Waals surface area (Å²) in [5, 5.41) is 9.85. The minimum Gasteiger partial charge on any atom is -0.255 e. The fraction of sp³-hybridized carbons (Fsp3) is 0.